The number of fused-ring (bicyclic) bond motifs is 1. The molecule has 0 saturated carbocycles. The summed E-state index contributed by atoms with van der Waals surface area (Å²) in [6.45, 7) is 1.52. The normalized spacial score (nSPS) is 17.9. The number of carboxylic acid groups (broad SMARTS) is 1. The van der Waals surface area contributed by atoms with Crippen molar-refractivity contribution in [1.29, 1.82) is 0 Å². The summed E-state index contributed by atoms with van der Waals surface area (Å²) in [5.41, 5.74) is 0.998. The molecule has 1 fully saturated rings. The Bertz CT molecular complexity index is 888. The number of likely N-dealkylation sites (tertiary alicyclic amines) is 1. The standard InChI is InChI=1S/C18H19N3O5S2/c22-16-4-2-12(8-19-11-1-3-14-15(7-11)26-10-25-14)21(16)5-6-27-18-20-13(9-28-18)17(23)24/h1,3,7,9,12,19H,2,4-6,8,10H2,(H,23,24)/t12-/m1/s1. The second kappa shape index (κ2) is 8.27. The van der Waals surface area contributed by atoms with Crippen LogP contribution >= 0.6 is 23.1 Å². The number of benzene rings is 1. The predicted molar refractivity (Wildman–Crippen MR) is 106 cm³/mol. The highest BCUT2D eigenvalue weighted by molar-refractivity contribution is 8.01. The predicted octanol–water partition coefficient (Wildman–Crippen LogP) is 2.77. The van der Waals surface area contributed by atoms with Crippen molar-refractivity contribution in [1.82, 2.24) is 9.88 Å². The van der Waals surface area contributed by atoms with Gasteiger partial charge in [-0.2, -0.15) is 0 Å². The van der Waals surface area contributed by atoms with E-state index in [-0.39, 0.29) is 24.4 Å². The molecular formula is C18H19N3O5S2. The molecule has 2 aromatic rings. The number of amides is 1. The maximum atomic E-state index is 12.2. The van der Waals surface area contributed by atoms with Crippen LogP contribution in [0.4, 0.5) is 5.69 Å². The van der Waals surface area contributed by atoms with Gasteiger partial charge in [0.15, 0.2) is 21.5 Å². The lowest BCUT2D eigenvalue weighted by Gasteiger charge is -2.25. The summed E-state index contributed by atoms with van der Waals surface area (Å²) in [6.07, 6.45) is 1.38. The number of carboxylic acids is 1. The van der Waals surface area contributed by atoms with E-state index < -0.39 is 5.97 Å². The highest BCUT2D eigenvalue weighted by Gasteiger charge is 2.30. The molecule has 4 rings (SSSR count). The Hall–Kier alpha value is -2.46. The van der Waals surface area contributed by atoms with Crippen LogP contribution in [0.3, 0.4) is 0 Å². The summed E-state index contributed by atoms with van der Waals surface area (Å²) >= 11 is 2.79. The number of aromatic carboxylic acids is 1. The minimum absolute atomic E-state index is 0.0653. The van der Waals surface area contributed by atoms with E-state index in [9.17, 15) is 9.59 Å². The summed E-state index contributed by atoms with van der Waals surface area (Å²) in [7, 11) is 0. The van der Waals surface area contributed by atoms with Crippen LogP contribution in [0.5, 0.6) is 11.5 Å². The molecule has 3 heterocycles. The number of thioether (sulfide) groups is 1. The lowest BCUT2D eigenvalue weighted by atomic mass is 10.2. The van der Waals surface area contributed by atoms with Crippen LogP contribution in [-0.4, -0.2) is 58.5 Å². The third-order valence-corrected chi connectivity index (χ3v) is 6.63. The van der Waals surface area contributed by atoms with E-state index in [2.05, 4.69) is 10.3 Å². The van der Waals surface area contributed by atoms with E-state index in [0.29, 0.717) is 29.6 Å². The van der Waals surface area contributed by atoms with E-state index in [1.807, 2.05) is 23.1 Å². The number of thiazole rings is 1. The summed E-state index contributed by atoms with van der Waals surface area (Å²) in [5.74, 6) is 1.29. The van der Waals surface area contributed by atoms with E-state index in [1.165, 1.54) is 28.5 Å². The maximum Gasteiger partial charge on any atom is 0.355 e. The molecular weight excluding hydrogens is 402 g/mol. The molecule has 2 aliphatic heterocycles. The molecule has 2 N–H and O–H groups in total. The van der Waals surface area contributed by atoms with Crippen molar-refractivity contribution in [2.45, 2.75) is 23.2 Å². The number of carbonyl (C=O) groups is 2. The lowest BCUT2D eigenvalue weighted by Crippen LogP contribution is -2.39. The van der Waals surface area contributed by atoms with E-state index in [1.54, 1.807) is 0 Å². The maximum absolute atomic E-state index is 12.2. The fourth-order valence-electron chi connectivity index (χ4n) is 3.21. The zero-order valence-electron chi connectivity index (χ0n) is 14.9. The van der Waals surface area contributed by atoms with Gasteiger partial charge in [0.05, 0.1) is 0 Å². The molecule has 1 aromatic carbocycles. The van der Waals surface area contributed by atoms with Crippen molar-refractivity contribution in [3.63, 3.8) is 0 Å². The zero-order valence-corrected chi connectivity index (χ0v) is 16.6. The summed E-state index contributed by atoms with van der Waals surface area (Å²) < 4.78 is 11.4. The fraction of sp³-hybridized carbons (Fsp3) is 0.389. The van der Waals surface area contributed by atoms with Gasteiger partial charge in [0.2, 0.25) is 12.7 Å². The molecule has 28 heavy (non-hydrogen) atoms. The van der Waals surface area contributed by atoms with Crippen molar-refractivity contribution in [3.05, 3.63) is 29.3 Å². The first kappa shape index (κ1) is 18.9. The largest absolute Gasteiger partial charge is 0.476 e. The monoisotopic (exact) mass is 421 g/mol. The Morgan fingerprint density at radius 1 is 1.39 bits per heavy atom. The van der Waals surface area contributed by atoms with Crippen LogP contribution in [0.2, 0.25) is 0 Å². The van der Waals surface area contributed by atoms with Crippen LogP contribution in [-0.2, 0) is 4.79 Å². The number of nitrogens with one attached hydrogen (secondary N) is 1. The number of hydrogen-bond donors (Lipinski definition) is 2. The molecule has 1 saturated heterocycles. The molecule has 0 aliphatic carbocycles. The van der Waals surface area contributed by atoms with Gasteiger partial charge in [-0.15, -0.1) is 11.3 Å². The van der Waals surface area contributed by atoms with Crippen LogP contribution in [0.15, 0.2) is 27.9 Å². The SMILES string of the molecule is O=C(O)c1csc(SCCN2C(=O)CC[C@@H]2CNc2ccc3c(c2)OCO3)n1. The molecule has 10 heteroatoms. The van der Waals surface area contributed by atoms with Crippen molar-refractivity contribution in [2.75, 3.05) is 31.0 Å². The van der Waals surface area contributed by atoms with Crippen LogP contribution in [0, 0.1) is 0 Å². The highest BCUT2D eigenvalue weighted by Crippen LogP contribution is 2.34. The summed E-state index contributed by atoms with van der Waals surface area (Å²) in [6, 6.07) is 5.84. The quantitative estimate of drug-likeness (QED) is 0.628. The van der Waals surface area contributed by atoms with Crippen molar-refractivity contribution in [2.24, 2.45) is 0 Å². The van der Waals surface area contributed by atoms with Gasteiger partial charge in [-0.1, -0.05) is 11.8 Å². The number of ether oxygens (including phenoxy) is 2. The Morgan fingerprint density at radius 2 is 2.25 bits per heavy atom. The molecule has 8 nitrogen and oxygen atoms in total. The Labute approximate surface area is 169 Å². The van der Waals surface area contributed by atoms with Crippen molar-refractivity contribution in [3.8, 4) is 11.5 Å². The Kier molecular flexibility index (Phi) is 5.58. The molecule has 0 unspecified atom stereocenters. The molecule has 0 bridgehead atoms. The first-order valence-corrected chi connectivity index (χ1v) is 10.7. The van der Waals surface area contributed by atoms with Gasteiger partial charge in [-0.25, -0.2) is 9.78 Å². The number of hydrogen-bond acceptors (Lipinski definition) is 8. The van der Waals surface area contributed by atoms with E-state index in [0.717, 1.165) is 23.6 Å². The highest BCUT2D eigenvalue weighted by atomic mass is 32.2. The van der Waals surface area contributed by atoms with Crippen LogP contribution < -0.4 is 14.8 Å². The van der Waals surface area contributed by atoms with Crippen molar-refractivity contribution >= 4 is 40.7 Å². The molecule has 1 atom stereocenters. The van der Waals surface area contributed by atoms with Gasteiger partial charge in [0, 0.05) is 48.4 Å². The van der Waals surface area contributed by atoms with Gasteiger partial charge in [-0.3, -0.25) is 4.79 Å². The number of aromatic nitrogens is 1. The van der Waals surface area contributed by atoms with Gasteiger partial charge in [0.1, 0.15) is 0 Å². The average Bonchev–Trinajstić information content (AvgIpc) is 3.41. The zero-order chi connectivity index (χ0) is 19.5. The third-order valence-electron chi connectivity index (χ3n) is 4.63. The third kappa shape index (κ3) is 4.17. The second-order valence-corrected chi connectivity index (χ2v) is 8.58. The first-order valence-electron chi connectivity index (χ1n) is 8.85. The molecule has 0 radical (unpaired) electrons. The number of nitrogens with zero attached hydrogens (tertiary/aromatic N) is 2. The summed E-state index contributed by atoms with van der Waals surface area (Å²) in [4.78, 5) is 29.1. The average molecular weight is 422 g/mol. The van der Waals surface area contributed by atoms with Crippen LogP contribution in [0.25, 0.3) is 0 Å². The second-order valence-electron chi connectivity index (χ2n) is 6.38. The molecule has 1 amide bonds. The van der Waals surface area contributed by atoms with Crippen molar-refractivity contribution < 1.29 is 24.2 Å². The van der Waals surface area contributed by atoms with Crippen LogP contribution in [0.1, 0.15) is 23.3 Å². The van der Waals surface area contributed by atoms with Gasteiger partial charge in [-0.05, 0) is 18.6 Å². The molecule has 0 spiro atoms. The lowest BCUT2D eigenvalue weighted by molar-refractivity contribution is -0.128. The smallest absolute Gasteiger partial charge is 0.355 e. The van der Waals surface area contributed by atoms with E-state index >= 15 is 0 Å². The summed E-state index contributed by atoms with van der Waals surface area (Å²) in [5, 5.41) is 13.8. The van der Waals surface area contributed by atoms with Gasteiger partial charge in [0.25, 0.3) is 0 Å². The van der Waals surface area contributed by atoms with Gasteiger partial charge >= 0.3 is 5.97 Å². The number of anilines is 1. The first-order chi connectivity index (χ1) is 13.6. The minimum atomic E-state index is -1.02. The number of rotatable bonds is 8. The number of carbonyl (C=O) groups excluding carboxylic acids is 1. The molecule has 148 valence electrons. The Balaban J connectivity index is 1.28. The topological polar surface area (TPSA) is 101 Å². The Morgan fingerprint density at radius 3 is 3.07 bits per heavy atom. The van der Waals surface area contributed by atoms with Gasteiger partial charge < -0.3 is 24.8 Å². The van der Waals surface area contributed by atoms with E-state index in [4.69, 9.17) is 14.6 Å². The minimum Gasteiger partial charge on any atom is -0.476 e. The molecule has 2 aliphatic rings. The fourth-order valence-corrected chi connectivity index (χ4v) is 5.02. The molecule has 1 aromatic heterocycles.